The number of methoxy groups -OCH3 is 2. The number of rotatable bonds is 4. The molecule has 0 spiro atoms. The number of ether oxygens (including phenoxy) is 2. The second-order valence-corrected chi connectivity index (χ2v) is 8.02. The molecule has 0 aromatic heterocycles. The molecule has 1 aliphatic carbocycles. The van der Waals surface area contributed by atoms with Crippen LogP contribution >= 0.6 is 0 Å². The van der Waals surface area contributed by atoms with Crippen molar-refractivity contribution in [1.29, 1.82) is 0 Å². The molecule has 5 rings (SSSR count). The molecular weight excluding hydrogens is 404 g/mol. The van der Waals surface area contributed by atoms with Crippen LogP contribution in [-0.4, -0.2) is 14.2 Å². The Morgan fingerprint density at radius 3 is 1.30 bits per heavy atom. The zero-order chi connectivity index (χ0) is 23.0. The van der Waals surface area contributed by atoms with E-state index in [4.69, 9.17) is 22.3 Å². The van der Waals surface area contributed by atoms with Gasteiger partial charge in [0.2, 0.25) is 0 Å². The van der Waals surface area contributed by atoms with Gasteiger partial charge in [-0.05, 0) is 81.9 Å². The molecule has 0 radical (unpaired) electrons. The maximum atomic E-state index is 5.83. The van der Waals surface area contributed by atoms with Crippen LogP contribution in [0.2, 0.25) is 0 Å². The molecule has 0 aliphatic heterocycles. The highest BCUT2D eigenvalue weighted by atomic mass is 16.5. The van der Waals surface area contributed by atoms with Crippen LogP contribution in [0.4, 0.5) is 0 Å². The summed E-state index contributed by atoms with van der Waals surface area (Å²) in [6, 6.07) is 28.9. The fraction of sp³-hybridized carbons (Fsp3) is 0.0968. The molecule has 0 unspecified atom stereocenters. The van der Waals surface area contributed by atoms with Gasteiger partial charge in [0.15, 0.2) is 0 Å². The van der Waals surface area contributed by atoms with E-state index in [9.17, 15) is 0 Å². The Kier molecular flexibility index (Phi) is 4.93. The van der Waals surface area contributed by atoms with Gasteiger partial charge in [0.1, 0.15) is 11.5 Å². The smallest absolute Gasteiger partial charge is 0.118 e. The van der Waals surface area contributed by atoms with Crippen LogP contribution in [-0.2, 0) is 5.41 Å². The predicted octanol–water partition coefficient (Wildman–Crippen LogP) is 6.03. The van der Waals surface area contributed by atoms with Crippen LogP contribution in [0.15, 0.2) is 84.9 Å². The molecule has 0 saturated heterocycles. The first kappa shape index (κ1) is 20.5. The Hall–Kier alpha value is -4.40. The Morgan fingerprint density at radius 1 is 0.576 bits per heavy atom. The molecule has 0 bridgehead atoms. The maximum absolute atomic E-state index is 5.83. The number of benzene rings is 4. The fourth-order valence-corrected chi connectivity index (χ4v) is 4.97. The summed E-state index contributed by atoms with van der Waals surface area (Å²) in [5.41, 5.74) is 7.88. The zero-order valence-corrected chi connectivity index (χ0v) is 18.6. The standard InChI is InChI=1S/C31H22O2/c1-5-21-7-17-27-28-18-8-22(6-2)20-30(28)31(29(27)19-21,23-9-13-25(32-3)14-10-23)24-11-15-26(33-4)16-12-24/h1-2,7-20H,3-4H3. The van der Waals surface area contributed by atoms with E-state index in [1.54, 1.807) is 14.2 Å². The highest BCUT2D eigenvalue weighted by Gasteiger charge is 2.46. The van der Waals surface area contributed by atoms with E-state index in [1.165, 1.54) is 0 Å². The first-order chi connectivity index (χ1) is 16.1. The van der Waals surface area contributed by atoms with Crippen molar-refractivity contribution in [2.45, 2.75) is 5.41 Å². The van der Waals surface area contributed by atoms with E-state index in [2.05, 4.69) is 60.4 Å². The van der Waals surface area contributed by atoms with E-state index < -0.39 is 5.41 Å². The van der Waals surface area contributed by atoms with Gasteiger partial charge in [-0.25, -0.2) is 0 Å². The SMILES string of the molecule is C#Cc1ccc2c(c1)C(c1ccc(OC)cc1)(c1ccc(OC)cc1)c1cc(C#C)ccc1-2. The lowest BCUT2D eigenvalue weighted by molar-refractivity contribution is 0.414. The van der Waals surface area contributed by atoms with Crippen LogP contribution in [0.3, 0.4) is 0 Å². The molecule has 0 heterocycles. The molecule has 0 saturated carbocycles. The number of hydrogen-bond acceptors (Lipinski definition) is 2. The number of hydrogen-bond donors (Lipinski definition) is 0. The van der Waals surface area contributed by atoms with Gasteiger partial charge in [-0.1, -0.05) is 48.2 Å². The van der Waals surface area contributed by atoms with Crippen LogP contribution in [0.5, 0.6) is 11.5 Å². The summed E-state index contributed by atoms with van der Waals surface area (Å²) < 4.78 is 10.9. The van der Waals surface area contributed by atoms with E-state index in [0.717, 1.165) is 56.0 Å². The van der Waals surface area contributed by atoms with Crippen LogP contribution in [0.25, 0.3) is 11.1 Å². The summed E-state index contributed by atoms with van der Waals surface area (Å²) in [5, 5.41) is 0. The topological polar surface area (TPSA) is 18.5 Å². The van der Waals surface area contributed by atoms with Crippen molar-refractivity contribution in [2.24, 2.45) is 0 Å². The van der Waals surface area contributed by atoms with E-state index in [1.807, 2.05) is 36.4 Å². The Balaban J connectivity index is 1.94. The molecule has 0 N–H and O–H groups in total. The van der Waals surface area contributed by atoms with E-state index >= 15 is 0 Å². The number of fused-ring (bicyclic) bond motifs is 3. The van der Waals surface area contributed by atoms with Crippen molar-refractivity contribution in [3.05, 3.63) is 118 Å². The largest absolute Gasteiger partial charge is 0.497 e. The summed E-state index contributed by atoms with van der Waals surface area (Å²) in [6.45, 7) is 0. The van der Waals surface area contributed by atoms with Gasteiger partial charge >= 0.3 is 0 Å². The molecule has 0 fully saturated rings. The van der Waals surface area contributed by atoms with Crippen molar-refractivity contribution in [3.63, 3.8) is 0 Å². The first-order valence-corrected chi connectivity index (χ1v) is 10.7. The lowest BCUT2D eigenvalue weighted by atomic mass is 9.67. The summed E-state index contributed by atoms with van der Waals surface area (Å²) in [7, 11) is 3.35. The van der Waals surface area contributed by atoms with Crippen LogP contribution < -0.4 is 9.47 Å². The van der Waals surface area contributed by atoms with Crippen LogP contribution in [0, 0.1) is 24.7 Å². The molecule has 0 atom stereocenters. The molecule has 0 amide bonds. The third-order valence-electron chi connectivity index (χ3n) is 6.52. The van der Waals surface area contributed by atoms with Crippen LogP contribution in [0.1, 0.15) is 33.4 Å². The minimum atomic E-state index is -0.594. The molecule has 158 valence electrons. The van der Waals surface area contributed by atoms with Gasteiger partial charge in [0.05, 0.1) is 19.6 Å². The van der Waals surface area contributed by atoms with Gasteiger partial charge in [0.25, 0.3) is 0 Å². The van der Waals surface area contributed by atoms with Gasteiger partial charge in [-0.2, -0.15) is 0 Å². The molecule has 4 aromatic carbocycles. The normalized spacial score (nSPS) is 12.7. The second kappa shape index (κ2) is 7.94. The average molecular weight is 427 g/mol. The fourth-order valence-electron chi connectivity index (χ4n) is 4.97. The summed E-state index contributed by atoms with van der Waals surface area (Å²) in [5.74, 6) is 7.23. The molecule has 2 heteroatoms. The Morgan fingerprint density at radius 2 is 0.970 bits per heavy atom. The van der Waals surface area contributed by atoms with Crippen molar-refractivity contribution in [3.8, 4) is 47.3 Å². The summed E-state index contributed by atoms with van der Waals surface area (Å²) in [6.07, 6.45) is 11.7. The summed E-state index contributed by atoms with van der Waals surface area (Å²) in [4.78, 5) is 0. The molecule has 2 nitrogen and oxygen atoms in total. The minimum Gasteiger partial charge on any atom is -0.497 e. The second-order valence-electron chi connectivity index (χ2n) is 8.02. The zero-order valence-electron chi connectivity index (χ0n) is 18.6. The molecule has 4 aromatic rings. The van der Waals surface area contributed by atoms with Crippen molar-refractivity contribution >= 4 is 0 Å². The monoisotopic (exact) mass is 426 g/mol. The molecule has 1 aliphatic rings. The Labute approximate surface area is 194 Å². The Bertz CT molecular complexity index is 1320. The highest BCUT2D eigenvalue weighted by Crippen LogP contribution is 2.56. The van der Waals surface area contributed by atoms with Crippen molar-refractivity contribution in [1.82, 2.24) is 0 Å². The maximum Gasteiger partial charge on any atom is 0.118 e. The summed E-state index contributed by atoms with van der Waals surface area (Å²) >= 11 is 0. The molecule has 33 heavy (non-hydrogen) atoms. The first-order valence-electron chi connectivity index (χ1n) is 10.7. The third kappa shape index (κ3) is 3.00. The quantitative estimate of drug-likeness (QED) is 0.327. The lowest BCUT2D eigenvalue weighted by Gasteiger charge is -2.34. The minimum absolute atomic E-state index is 0.594. The van der Waals surface area contributed by atoms with Gasteiger partial charge in [0, 0.05) is 11.1 Å². The predicted molar refractivity (Wildman–Crippen MR) is 133 cm³/mol. The van der Waals surface area contributed by atoms with Gasteiger partial charge < -0.3 is 9.47 Å². The number of terminal acetylenes is 2. The van der Waals surface area contributed by atoms with Gasteiger partial charge in [-0.3, -0.25) is 0 Å². The average Bonchev–Trinajstić information content (AvgIpc) is 3.18. The lowest BCUT2D eigenvalue weighted by Crippen LogP contribution is -2.28. The van der Waals surface area contributed by atoms with Crippen molar-refractivity contribution < 1.29 is 9.47 Å². The van der Waals surface area contributed by atoms with E-state index in [-0.39, 0.29) is 0 Å². The molecular formula is C31H22O2. The highest BCUT2D eigenvalue weighted by molar-refractivity contribution is 5.87. The van der Waals surface area contributed by atoms with E-state index in [0.29, 0.717) is 0 Å². The third-order valence-corrected chi connectivity index (χ3v) is 6.52. The van der Waals surface area contributed by atoms with Crippen molar-refractivity contribution in [2.75, 3.05) is 14.2 Å². The van der Waals surface area contributed by atoms with Gasteiger partial charge in [-0.15, -0.1) is 12.8 Å².